The maximum Gasteiger partial charge on any atom is 0.0822 e. The second-order valence-corrected chi connectivity index (χ2v) is 3.28. The summed E-state index contributed by atoms with van der Waals surface area (Å²) in [7, 11) is 0. The van der Waals surface area contributed by atoms with Crippen LogP contribution in [0.25, 0.3) is 0 Å². The molecule has 0 aromatic carbocycles. The summed E-state index contributed by atoms with van der Waals surface area (Å²) < 4.78 is 10.1. The SMILES string of the molecule is C1CCOOCC1.C1COCCOC1. The van der Waals surface area contributed by atoms with Crippen molar-refractivity contribution in [1.29, 1.82) is 0 Å². The van der Waals surface area contributed by atoms with Gasteiger partial charge in [0.1, 0.15) is 0 Å². The van der Waals surface area contributed by atoms with Gasteiger partial charge >= 0.3 is 0 Å². The van der Waals surface area contributed by atoms with Gasteiger partial charge in [0.25, 0.3) is 0 Å². The third kappa shape index (κ3) is 7.26. The van der Waals surface area contributed by atoms with E-state index in [9.17, 15) is 0 Å². The van der Waals surface area contributed by atoms with Gasteiger partial charge in [-0.3, -0.25) is 0 Å². The molecule has 2 aliphatic heterocycles. The second-order valence-electron chi connectivity index (χ2n) is 3.28. The van der Waals surface area contributed by atoms with Gasteiger partial charge in [-0.15, -0.1) is 0 Å². The van der Waals surface area contributed by atoms with Gasteiger partial charge in [-0.05, 0) is 25.7 Å². The Hall–Kier alpha value is -0.160. The normalized spacial score (nSPS) is 24.0. The van der Waals surface area contributed by atoms with Gasteiger partial charge in [0.2, 0.25) is 0 Å². The van der Waals surface area contributed by atoms with Crippen LogP contribution in [0.4, 0.5) is 0 Å². The Bertz CT molecular complexity index is 65.4. The van der Waals surface area contributed by atoms with E-state index in [4.69, 9.17) is 19.2 Å². The first-order valence-corrected chi connectivity index (χ1v) is 5.40. The predicted octanol–water partition coefficient (Wildman–Crippen LogP) is 1.54. The van der Waals surface area contributed by atoms with Crippen molar-refractivity contribution in [3.63, 3.8) is 0 Å². The fraction of sp³-hybridized carbons (Fsp3) is 1.00. The van der Waals surface area contributed by atoms with E-state index in [0.29, 0.717) is 0 Å². The average Bonchev–Trinajstić information content (AvgIpc) is 2.68. The summed E-state index contributed by atoms with van der Waals surface area (Å²) in [5.41, 5.74) is 0. The monoisotopic (exact) mass is 204 g/mol. The number of hydrogen-bond acceptors (Lipinski definition) is 4. The molecule has 2 fully saturated rings. The smallest absolute Gasteiger partial charge is 0.0822 e. The summed E-state index contributed by atoms with van der Waals surface area (Å²) >= 11 is 0. The first kappa shape index (κ1) is 11.9. The predicted molar refractivity (Wildman–Crippen MR) is 52.0 cm³/mol. The van der Waals surface area contributed by atoms with Gasteiger partial charge < -0.3 is 9.47 Å². The third-order valence-electron chi connectivity index (χ3n) is 1.99. The maximum absolute atomic E-state index is 5.07. The van der Waals surface area contributed by atoms with E-state index >= 15 is 0 Å². The summed E-state index contributed by atoms with van der Waals surface area (Å²) in [5.74, 6) is 0. The number of hydrogen-bond donors (Lipinski definition) is 0. The lowest BCUT2D eigenvalue weighted by atomic mass is 10.3. The molecule has 2 heterocycles. The van der Waals surface area contributed by atoms with E-state index in [0.717, 1.165) is 58.9 Å². The molecule has 0 saturated carbocycles. The molecule has 2 saturated heterocycles. The summed E-state index contributed by atoms with van der Waals surface area (Å²) in [4.78, 5) is 9.39. The summed E-state index contributed by atoms with van der Waals surface area (Å²) in [6, 6.07) is 0. The van der Waals surface area contributed by atoms with Crippen molar-refractivity contribution in [3.05, 3.63) is 0 Å². The van der Waals surface area contributed by atoms with E-state index in [1.165, 1.54) is 6.42 Å². The lowest BCUT2D eigenvalue weighted by Gasteiger charge is -1.92. The number of rotatable bonds is 0. The van der Waals surface area contributed by atoms with Gasteiger partial charge in [-0.25, -0.2) is 9.78 Å². The minimum Gasteiger partial charge on any atom is -0.379 e. The molecular weight excluding hydrogens is 184 g/mol. The van der Waals surface area contributed by atoms with Crippen molar-refractivity contribution in [1.82, 2.24) is 0 Å². The Balaban J connectivity index is 0.000000140. The van der Waals surface area contributed by atoms with Crippen LogP contribution in [-0.2, 0) is 19.2 Å². The van der Waals surface area contributed by atoms with Crippen LogP contribution in [0.1, 0.15) is 25.7 Å². The van der Waals surface area contributed by atoms with Crippen molar-refractivity contribution in [2.45, 2.75) is 25.7 Å². The van der Waals surface area contributed by atoms with Crippen molar-refractivity contribution < 1.29 is 19.2 Å². The molecule has 14 heavy (non-hydrogen) atoms. The minimum absolute atomic E-state index is 0.778. The largest absolute Gasteiger partial charge is 0.379 e. The van der Waals surface area contributed by atoms with E-state index in [2.05, 4.69) is 0 Å². The highest BCUT2D eigenvalue weighted by Crippen LogP contribution is 2.01. The number of ether oxygens (including phenoxy) is 2. The molecule has 0 N–H and O–H groups in total. The van der Waals surface area contributed by atoms with Gasteiger partial charge in [-0.1, -0.05) is 0 Å². The highest BCUT2D eigenvalue weighted by atomic mass is 17.2. The van der Waals surface area contributed by atoms with E-state index in [-0.39, 0.29) is 0 Å². The first-order chi connectivity index (χ1) is 7.00. The molecule has 0 unspecified atom stereocenters. The van der Waals surface area contributed by atoms with Gasteiger partial charge in [-0.2, -0.15) is 0 Å². The highest BCUT2D eigenvalue weighted by Gasteiger charge is 1.96. The van der Waals surface area contributed by atoms with Gasteiger partial charge in [0.15, 0.2) is 0 Å². The zero-order valence-corrected chi connectivity index (χ0v) is 8.70. The molecule has 0 atom stereocenters. The molecule has 0 amide bonds. The molecule has 4 heteroatoms. The van der Waals surface area contributed by atoms with Crippen molar-refractivity contribution in [3.8, 4) is 0 Å². The van der Waals surface area contributed by atoms with Crippen molar-refractivity contribution >= 4 is 0 Å². The van der Waals surface area contributed by atoms with Crippen molar-refractivity contribution in [2.24, 2.45) is 0 Å². The van der Waals surface area contributed by atoms with Crippen LogP contribution < -0.4 is 0 Å². The molecule has 0 radical (unpaired) electrons. The molecule has 84 valence electrons. The Morgan fingerprint density at radius 3 is 1.57 bits per heavy atom. The molecule has 2 aliphatic rings. The molecule has 0 aromatic rings. The van der Waals surface area contributed by atoms with Crippen LogP contribution in [0.2, 0.25) is 0 Å². The average molecular weight is 204 g/mol. The fourth-order valence-electron chi connectivity index (χ4n) is 1.20. The molecule has 0 spiro atoms. The summed E-state index contributed by atoms with van der Waals surface area (Å²) in [6.07, 6.45) is 4.61. The lowest BCUT2D eigenvalue weighted by Crippen LogP contribution is -1.96. The zero-order valence-electron chi connectivity index (χ0n) is 8.70. The zero-order chi connectivity index (χ0) is 9.90. The van der Waals surface area contributed by atoms with E-state index < -0.39 is 0 Å². The standard InChI is InChI=1S/2C5H10O2/c1-2-6-4-5-7-3-1;1-2-4-6-7-5-3-1/h2*1-5H2. The second kappa shape index (κ2) is 9.40. The van der Waals surface area contributed by atoms with Crippen LogP contribution in [0, 0.1) is 0 Å². The Morgan fingerprint density at radius 1 is 0.429 bits per heavy atom. The van der Waals surface area contributed by atoms with Crippen LogP contribution >= 0.6 is 0 Å². The molecule has 4 nitrogen and oxygen atoms in total. The Kier molecular flexibility index (Phi) is 8.00. The molecule has 0 aliphatic carbocycles. The first-order valence-electron chi connectivity index (χ1n) is 5.40. The quantitative estimate of drug-likeness (QED) is 0.561. The fourth-order valence-corrected chi connectivity index (χ4v) is 1.20. The van der Waals surface area contributed by atoms with Crippen LogP contribution in [0.3, 0.4) is 0 Å². The summed E-state index contributed by atoms with van der Waals surface area (Å²) in [6.45, 7) is 4.86. The van der Waals surface area contributed by atoms with E-state index in [1.54, 1.807) is 0 Å². The summed E-state index contributed by atoms with van der Waals surface area (Å²) in [5, 5.41) is 0. The highest BCUT2D eigenvalue weighted by molar-refractivity contribution is 4.40. The molecule has 0 aromatic heterocycles. The Labute approximate surface area is 85.4 Å². The van der Waals surface area contributed by atoms with E-state index in [1.807, 2.05) is 0 Å². The van der Waals surface area contributed by atoms with Crippen molar-refractivity contribution in [2.75, 3.05) is 39.6 Å². The van der Waals surface area contributed by atoms with Crippen LogP contribution in [-0.4, -0.2) is 39.6 Å². The molecule has 2 rings (SSSR count). The maximum atomic E-state index is 5.07. The molecular formula is C10H20O4. The third-order valence-corrected chi connectivity index (χ3v) is 1.99. The Morgan fingerprint density at radius 2 is 1.00 bits per heavy atom. The van der Waals surface area contributed by atoms with Gasteiger partial charge in [0.05, 0.1) is 26.4 Å². The molecule has 0 bridgehead atoms. The topological polar surface area (TPSA) is 36.9 Å². The van der Waals surface area contributed by atoms with Crippen LogP contribution in [0.15, 0.2) is 0 Å². The van der Waals surface area contributed by atoms with Gasteiger partial charge in [0, 0.05) is 13.2 Å². The minimum atomic E-state index is 0.778. The van der Waals surface area contributed by atoms with Crippen LogP contribution in [0.5, 0.6) is 0 Å². The lowest BCUT2D eigenvalue weighted by molar-refractivity contribution is -0.287.